The molecule has 9 nitrogen and oxygen atoms in total. The summed E-state index contributed by atoms with van der Waals surface area (Å²) in [5, 5.41) is 12.7. The number of sulfonamides is 1. The van der Waals surface area contributed by atoms with E-state index in [1.165, 1.54) is 43.8 Å². The molecule has 0 radical (unpaired) electrons. The summed E-state index contributed by atoms with van der Waals surface area (Å²) in [6.45, 7) is 4.09. The molecule has 0 saturated heterocycles. The fraction of sp³-hybridized carbons (Fsp3) is 0.381. The maximum Gasteiger partial charge on any atom is 0.243 e. The van der Waals surface area contributed by atoms with Gasteiger partial charge in [-0.1, -0.05) is 13.8 Å². The van der Waals surface area contributed by atoms with Crippen molar-refractivity contribution < 1.29 is 32.5 Å². The van der Waals surface area contributed by atoms with Crippen LogP contribution in [0.1, 0.15) is 19.4 Å². The van der Waals surface area contributed by atoms with E-state index >= 15 is 0 Å². The van der Waals surface area contributed by atoms with E-state index in [9.17, 15) is 18.3 Å². The van der Waals surface area contributed by atoms with E-state index in [-0.39, 0.29) is 22.8 Å². The Balaban J connectivity index is 2.29. The topological polar surface area (TPSA) is 114 Å². The van der Waals surface area contributed by atoms with Crippen molar-refractivity contribution in [3.63, 3.8) is 0 Å². The van der Waals surface area contributed by atoms with Crippen LogP contribution in [-0.2, 0) is 21.2 Å². The molecular formula is C21H28N2O7S. The van der Waals surface area contributed by atoms with Gasteiger partial charge < -0.3 is 24.6 Å². The van der Waals surface area contributed by atoms with Gasteiger partial charge in [0.05, 0.1) is 38.3 Å². The fourth-order valence-electron chi connectivity index (χ4n) is 3.11. The van der Waals surface area contributed by atoms with Gasteiger partial charge in [-0.2, -0.15) is 4.31 Å². The lowest BCUT2D eigenvalue weighted by Crippen LogP contribution is -2.30. The number of hydrogen-bond donors (Lipinski definition) is 2. The van der Waals surface area contributed by atoms with Crippen LogP contribution in [0.15, 0.2) is 35.2 Å². The van der Waals surface area contributed by atoms with Crippen LogP contribution in [0.2, 0.25) is 0 Å². The van der Waals surface area contributed by atoms with Gasteiger partial charge in [0.1, 0.15) is 5.75 Å². The maximum absolute atomic E-state index is 12.7. The number of ether oxygens (including phenoxy) is 3. The van der Waals surface area contributed by atoms with Crippen molar-refractivity contribution in [3.8, 4) is 23.0 Å². The molecule has 0 spiro atoms. The zero-order valence-corrected chi connectivity index (χ0v) is 19.1. The number of aromatic hydroxyl groups is 1. The number of anilines is 1. The predicted molar refractivity (Wildman–Crippen MR) is 117 cm³/mol. The van der Waals surface area contributed by atoms with Gasteiger partial charge in [-0.3, -0.25) is 4.79 Å². The number of phenolic OH excluding ortho intramolecular Hbond substituents is 1. The van der Waals surface area contributed by atoms with Crippen LogP contribution in [0.25, 0.3) is 0 Å². The number of carbonyl (C=O) groups is 1. The molecule has 0 heterocycles. The Morgan fingerprint density at radius 3 is 2.06 bits per heavy atom. The van der Waals surface area contributed by atoms with Crippen molar-refractivity contribution in [2.75, 3.05) is 39.7 Å². The zero-order chi connectivity index (χ0) is 23.2. The molecule has 0 aliphatic rings. The van der Waals surface area contributed by atoms with Gasteiger partial charge in [0.2, 0.25) is 21.7 Å². The van der Waals surface area contributed by atoms with Gasteiger partial charge in [0, 0.05) is 13.1 Å². The van der Waals surface area contributed by atoms with E-state index in [1.54, 1.807) is 26.0 Å². The lowest BCUT2D eigenvalue weighted by Gasteiger charge is -2.19. The minimum absolute atomic E-state index is 0.00525. The van der Waals surface area contributed by atoms with Crippen LogP contribution in [-0.4, -0.2) is 58.2 Å². The largest absolute Gasteiger partial charge is 0.506 e. The molecule has 2 aromatic carbocycles. The molecule has 0 aromatic heterocycles. The number of amides is 1. The second kappa shape index (κ2) is 10.4. The standard InChI is InChI=1S/C21H28N2O7S/c1-6-23(7-2)31(26,27)15-8-9-17(24)16(13-15)22-20(25)12-14-10-18(28-3)21(30-5)19(11-14)29-4/h8-11,13,24H,6-7,12H2,1-5H3,(H,22,25). The van der Waals surface area contributed by atoms with E-state index in [1.807, 2.05) is 0 Å². The number of hydrogen-bond acceptors (Lipinski definition) is 7. The summed E-state index contributed by atoms with van der Waals surface area (Å²) in [4.78, 5) is 12.6. The van der Waals surface area contributed by atoms with Gasteiger partial charge in [-0.05, 0) is 35.9 Å². The highest BCUT2D eigenvalue weighted by Gasteiger charge is 2.23. The van der Waals surface area contributed by atoms with Crippen molar-refractivity contribution in [2.24, 2.45) is 0 Å². The molecule has 31 heavy (non-hydrogen) atoms. The molecule has 170 valence electrons. The molecule has 0 fully saturated rings. The highest BCUT2D eigenvalue weighted by molar-refractivity contribution is 7.89. The molecule has 1 amide bonds. The highest BCUT2D eigenvalue weighted by atomic mass is 32.2. The first-order chi connectivity index (χ1) is 14.7. The van der Waals surface area contributed by atoms with Crippen molar-refractivity contribution in [1.82, 2.24) is 4.31 Å². The van der Waals surface area contributed by atoms with Gasteiger partial charge in [0.15, 0.2) is 11.5 Å². The minimum Gasteiger partial charge on any atom is -0.506 e. The van der Waals surface area contributed by atoms with Gasteiger partial charge in [-0.25, -0.2) is 8.42 Å². The molecule has 0 bridgehead atoms. The number of rotatable bonds is 10. The molecule has 0 unspecified atom stereocenters. The second-order valence-electron chi connectivity index (χ2n) is 6.53. The average Bonchev–Trinajstić information content (AvgIpc) is 2.74. The zero-order valence-electron chi connectivity index (χ0n) is 18.3. The number of phenols is 1. The Morgan fingerprint density at radius 2 is 1.58 bits per heavy atom. The van der Waals surface area contributed by atoms with Crippen LogP contribution in [0.3, 0.4) is 0 Å². The molecule has 10 heteroatoms. The van der Waals surface area contributed by atoms with E-state index in [0.29, 0.717) is 35.9 Å². The Bertz CT molecular complexity index is 1010. The molecule has 0 atom stereocenters. The molecule has 2 aromatic rings. The SMILES string of the molecule is CCN(CC)S(=O)(=O)c1ccc(O)c(NC(=O)Cc2cc(OC)c(OC)c(OC)c2)c1. The Hall–Kier alpha value is -2.98. The number of carbonyl (C=O) groups excluding carboxylic acids is 1. The lowest BCUT2D eigenvalue weighted by molar-refractivity contribution is -0.115. The number of benzene rings is 2. The summed E-state index contributed by atoms with van der Waals surface area (Å²) in [5.74, 6) is 0.513. The average molecular weight is 453 g/mol. The third-order valence-corrected chi connectivity index (χ3v) is 6.72. The van der Waals surface area contributed by atoms with Crippen LogP contribution < -0.4 is 19.5 Å². The summed E-state index contributed by atoms with van der Waals surface area (Å²) in [6.07, 6.45) is -0.0663. The Labute approximate surface area is 182 Å². The number of nitrogens with zero attached hydrogens (tertiary/aromatic N) is 1. The lowest BCUT2D eigenvalue weighted by atomic mass is 10.1. The van der Waals surface area contributed by atoms with E-state index in [0.717, 1.165) is 0 Å². The molecule has 0 aliphatic carbocycles. The minimum atomic E-state index is -3.74. The van der Waals surface area contributed by atoms with Gasteiger partial charge in [0.25, 0.3) is 0 Å². The summed E-state index contributed by atoms with van der Waals surface area (Å²) in [5.41, 5.74) is 0.587. The van der Waals surface area contributed by atoms with Crippen molar-refractivity contribution in [2.45, 2.75) is 25.2 Å². The molecule has 0 saturated carbocycles. The van der Waals surface area contributed by atoms with E-state index in [2.05, 4.69) is 5.32 Å². The normalized spacial score (nSPS) is 11.3. The Kier molecular flexibility index (Phi) is 8.12. The molecular weight excluding hydrogens is 424 g/mol. The van der Waals surface area contributed by atoms with Crippen molar-refractivity contribution >= 4 is 21.6 Å². The summed E-state index contributed by atoms with van der Waals surface area (Å²) < 4.78 is 42.6. The number of nitrogens with one attached hydrogen (secondary N) is 1. The molecule has 0 aliphatic heterocycles. The molecule has 2 rings (SSSR count). The monoisotopic (exact) mass is 452 g/mol. The summed E-state index contributed by atoms with van der Waals surface area (Å²) in [7, 11) is 0.690. The van der Waals surface area contributed by atoms with Gasteiger partial charge >= 0.3 is 0 Å². The van der Waals surface area contributed by atoms with Crippen molar-refractivity contribution in [3.05, 3.63) is 35.9 Å². The third-order valence-electron chi connectivity index (χ3n) is 4.67. The maximum atomic E-state index is 12.7. The quantitative estimate of drug-likeness (QED) is 0.533. The predicted octanol–water partition coefficient (Wildman–Crippen LogP) is 2.63. The Morgan fingerprint density at radius 1 is 1.00 bits per heavy atom. The first-order valence-electron chi connectivity index (χ1n) is 9.63. The first kappa shape index (κ1) is 24.3. The first-order valence-corrected chi connectivity index (χ1v) is 11.1. The third kappa shape index (κ3) is 5.39. The second-order valence-corrected chi connectivity index (χ2v) is 8.46. The fourth-order valence-corrected chi connectivity index (χ4v) is 4.59. The summed E-state index contributed by atoms with van der Waals surface area (Å²) in [6, 6.07) is 7.07. The van der Waals surface area contributed by atoms with E-state index in [4.69, 9.17) is 14.2 Å². The van der Waals surface area contributed by atoms with Crippen LogP contribution in [0, 0.1) is 0 Å². The van der Waals surface area contributed by atoms with Crippen LogP contribution in [0.4, 0.5) is 5.69 Å². The smallest absolute Gasteiger partial charge is 0.243 e. The van der Waals surface area contributed by atoms with Crippen LogP contribution >= 0.6 is 0 Å². The van der Waals surface area contributed by atoms with E-state index < -0.39 is 15.9 Å². The summed E-state index contributed by atoms with van der Waals surface area (Å²) >= 11 is 0. The van der Waals surface area contributed by atoms with Gasteiger partial charge in [-0.15, -0.1) is 0 Å². The number of methoxy groups -OCH3 is 3. The van der Waals surface area contributed by atoms with Crippen LogP contribution in [0.5, 0.6) is 23.0 Å². The highest BCUT2D eigenvalue weighted by Crippen LogP contribution is 2.38. The van der Waals surface area contributed by atoms with Crippen molar-refractivity contribution in [1.29, 1.82) is 0 Å². The molecule has 2 N–H and O–H groups in total.